The number of aryl methyl sites for hydroxylation is 2. The number of carbonyl (C=O) groups is 3. The van der Waals surface area contributed by atoms with Gasteiger partial charge in [0.25, 0.3) is 0 Å². The number of unbranched alkanes of at least 4 members (excludes halogenated alkanes) is 1. The predicted molar refractivity (Wildman–Crippen MR) is 207 cm³/mol. The van der Waals surface area contributed by atoms with Crippen LogP contribution in [0.25, 0.3) is 0 Å². The Labute approximate surface area is 306 Å². The molecule has 51 heavy (non-hydrogen) atoms. The van der Waals surface area contributed by atoms with Gasteiger partial charge in [0.05, 0.1) is 10.8 Å². The smallest absolute Gasteiger partial charge is 0.232 e. The van der Waals surface area contributed by atoms with Gasteiger partial charge in [-0.1, -0.05) is 72.9 Å². The van der Waals surface area contributed by atoms with E-state index in [1.165, 1.54) is 22.3 Å². The second-order valence-corrected chi connectivity index (χ2v) is 18.2. The average molecular weight is 697 g/mol. The summed E-state index contributed by atoms with van der Waals surface area (Å²) in [4.78, 5) is 42.6. The number of imide groups is 1. The van der Waals surface area contributed by atoms with Gasteiger partial charge in [-0.15, -0.1) is 0 Å². The van der Waals surface area contributed by atoms with E-state index < -0.39 is 10.8 Å². The Morgan fingerprint density at radius 2 is 1.33 bits per heavy atom. The molecule has 0 spiro atoms. The second kappa shape index (κ2) is 14.3. The molecule has 3 amide bonds. The van der Waals surface area contributed by atoms with Crippen molar-refractivity contribution in [1.82, 2.24) is 5.32 Å². The highest BCUT2D eigenvalue weighted by atomic mass is 16.2. The van der Waals surface area contributed by atoms with Crippen LogP contribution < -0.4 is 22.1 Å². The number of amides is 3. The van der Waals surface area contributed by atoms with Crippen molar-refractivity contribution in [2.45, 2.75) is 142 Å². The molecule has 0 unspecified atom stereocenters. The van der Waals surface area contributed by atoms with E-state index in [1.807, 2.05) is 6.07 Å². The van der Waals surface area contributed by atoms with Gasteiger partial charge in [0, 0.05) is 17.3 Å². The van der Waals surface area contributed by atoms with E-state index in [1.54, 1.807) is 0 Å². The van der Waals surface area contributed by atoms with Gasteiger partial charge in [-0.05, 0) is 152 Å². The van der Waals surface area contributed by atoms with E-state index >= 15 is 0 Å². The molecule has 6 N–H and O–H groups in total. The van der Waals surface area contributed by atoms with Crippen molar-refractivity contribution in [2.24, 2.45) is 40.2 Å². The first-order chi connectivity index (χ1) is 24.2. The summed E-state index contributed by atoms with van der Waals surface area (Å²) >= 11 is 0. The van der Waals surface area contributed by atoms with Crippen LogP contribution in [0, 0.1) is 34.5 Å². The lowest BCUT2D eigenvalue weighted by molar-refractivity contribution is -0.150. The normalized spacial score (nSPS) is 31.8. The number of hydrogen-bond donors (Lipinski definition) is 4. The Hall–Kier alpha value is -3.19. The van der Waals surface area contributed by atoms with Gasteiger partial charge < -0.3 is 16.8 Å². The summed E-state index contributed by atoms with van der Waals surface area (Å²) in [6, 6.07) is 12.7. The number of carbonyl (C=O) groups excluding carboxylic acids is 3. The first-order valence-electron chi connectivity index (χ1n) is 20.0. The van der Waals surface area contributed by atoms with E-state index in [2.05, 4.69) is 82.5 Å². The van der Waals surface area contributed by atoms with Crippen molar-refractivity contribution in [3.63, 3.8) is 0 Å². The van der Waals surface area contributed by atoms with Crippen LogP contribution in [0.4, 0.5) is 11.4 Å². The van der Waals surface area contributed by atoms with Crippen LogP contribution in [-0.2, 0) is 38.1 Å². The van der Waals surface area contributed by atoms with Crippen molar-refractivity contribution >= 4 is 29.1 Å². The molecule has 0 saturated heterocycles. The van der Waals surface area contributed by atoms with Crippen LogP contribution in [0.5, 0.6) is 0 Å². The molecule has 0 heterocycles. The maximum absolute atomic E-state index is 14.6. The summed E-state index contributed by atoms with van der Waals surface area (Å²) in [5.41, 5.74) is 17.1. The van der Waals surface area contributed by atoms with Gasteiger partial charge in [-0.25, -0.2) is 0 Å². The molecule has 7 nitrogen and oxygen atoms in total. The SMILES string of the molecule is CC(C)C[C@@H](CCCCN)C(=O)Nc1ccc2c(c1)[C@@]1(C)CCC[C@](C)(C(=O)NC(=O)[C@@]3(C)CCC[C@]4(C)c5cc(N)ccc5CC[C@@H]34)[C@@H]1CC2. The molecular weight excluding hydrogens is 633 g/mol. The number of rotatable bonds is 10. The zero-order valence-corrected chi connectivity index (χ0v) is 32.3. The summed E-state index contributed by atoms with van der Waals surface area (Å²) in [5, 5.41) is 6.36. The monoisotopic (exact) mass is 696 g/mol. The fraction of sp³-hybridized carbons (Fsp3) is 0.659. The number of benzene rings is 2. The van der Waals surface area contributed by atoms with Crippen molar-refractivity contribution in [2.75, 3.05) is 17.6 Å². The van der Waals surface area contributed by atoms with Crippen LogP contribution in [0.3, 0.4) is 0 Å². The maximum atomic E-state index is 14.6. The Bertz CT molecular complexity index is 1650. The third-order valence-corrected chi connectivity index (χ3v) is 14.4. The summed E-state index contributed by atoms with van der Waals surface area (Å²) in [6.45, 7) is 13.9. The zero-order valence-electron chi connectivity index (χ0n) is 32.3. The highest BCUT2D eigenvalue weighted by Gasteiger charge is 2.58. The molecule has 7 heteroatoms. The number of fused-ring (bicyclic) bond motifs is 6. The molecule has 0 radical (unpaired) electrons. The molecule has 7 atom stereocenters. The maximum Gasteiger partial charge on any atom is 0.232 e. The highest BCUT2D eigenvalue weighted by molar-refractivity contribution is 6.01. The minimum absolute atomic E-state index is 0.0412. The standard InChI is InChI=1S/C44H64N4O3/c1-28(2)25-31(11-7-8-24-45)38(49)47-33-17-13-30-15-19-37-42(4,35(30)27-33)21-10-23-44(37,6)40(51)48-39(50)43(5)22-9-20-41(3)34-26-32(46)16-12-29(34)14-18-36(41)43/h12-13,16-17,26-28,31,36-37H,7-11,14-15,18-25,45-46H2,1-6H3,(H,47,49)(H,48,50,51)/t31-,36-,37-,41-,42-,43+,44+/m1/s1. The molecule has 2 saturated carbocycles. The third kappa shape index (κ3) is 6.77. The van der Waals surface area contributed by atoms with Crippen LogP contribution in [0.1, 0.15) is 141 Å². The van der Waals surface area contributed by atoms with Crippen LogP contribution in [0.2, 0.25) is 0 Å². The molecular formula is C44H64N4O3. The van der Waals surface area contributed by atoms with E-state index in [-0.39, 0.29) is 46.3 Å². The van der Waals surface area contributed by atoms with Crippen LogP contribution >= 0.6 is 0 Å². The van der Waals surface area contributed by atoms with Gasteiger partial charge in [0.15, 0.2) is 0 Å². The first kappa shape index (κ1) is 37.6. The largest absolute Gasteiger partial charge is 0.399 e. The summed E-state index contributed by atoms with van der Waals surface area (Å²) in [6.07, 6.45) is 12.7. The van der Waals surface area contributed by atoms with Crippen LogP contribution in [-0.4, -0.2) is 24.3 Å². The van der Waals surface area contributed by atoms with Gasteiger partial charge in [-0.2, -0.15) is 0 Å². The summed E-state index contributed by atoms with van der Waals surface area (Å²) in [7, 11) is 0. The van der Waals surface area contributed by atoms with E-state index in [9.17, 15) is 14.4 Å². The van der Waals surface area contributed by atoms with Crippen molar-refractivity contribution in [1.29, 1.82) is 0 Å². The molecule has 0 aromatic heterocycles. The molecule has 278 valence electrons. The van der Waals surface area contributed by atoms with E-state index in [4.69, 9.17) is 11.5 Å². The quantitative estimate of drug-likeness (QED) is 0.113. The minimum atomic E-state index is -0.674. The lowest BCUT2D eigenvalue weighted by atomic mass is 9.49. The molecule has 6 rings (SSSR count). The first-order valence-corrected chi connectivity index (χ1v) is 20.0. The summed E-state index contributed by atoms with van der Waals surface area (Å²) < 4.78 is 0. The Kier molecular flexibility index (Phi) is 10.6. The molecule has 4 aliphatic carbocycles. The Balaban J connectivity index is 1.21. The van der Waals surface area contributed by atoms with Gasteiger partial charge in [-0.3, -0.25) is 19.7 Å². The Morgan fingerprint density at radius 1 is 0.784 bits per heavy atom. The topological polar surface area (TPSA) is 127 Å². The lowest BCUT2D eigenvalue weighted by Crippen LogP contribution is -2.60. The molecule has 2 aromatic carbocycles. The highest BCUT2D eigenvalue weighted by Crippen LogP contribution is 2.59. The number of nitrogen functional groups attached to an aromatic ring is 1. The van der Waals surface area contributed by atoms with Crippen molar-refractivity contribution < 1.29 is 14.4 Å². The fourth-order valence-corrected chi connectivity index (χ4v) is 11.7. The number of nitrogens with one attached hydrogen (secondary N) is 2. The average Bonchev–Trinajstić information content (AvgIpc) is 3.08. The van der Waals surface area contributed by atoms with Gasteiger partial charge in [0.1, 0.15) is 0 Å². The Morgan fingerprint density at radius 3 is 1.88 bits per heavy atom. The number of hydrogen-bond acceptors (Lipinski definition) is 5. The minimum Gasteiger partial charge on any atom is -0.399 e. The summed E-state index contributed by atoms with van der Waals surface area (Å²) in [5.74, 6) is 0.489. The molecule has 4 aliphatic rings. The third-order valence-electron chi connectivity index (χ3n) is 14.4. The second-order valence-electron chi connectivity index (χ2n) is 18.2. The number of anilines is 2. The fourth-order valence-electron chi connectivity index (χ4n) is 11.7. The number of nitrogens with two attached hydrogens (primary N) is 2. The van der Waals surface area contributed by atoms with Gasteiger partial charge >= 0.3 is 0 Å². The van der Waals surface area contributed by atoms with E-state index in [0.717, 1.165) is 101 Å². The van der Waals surface area contributed by atoms with Crippen molar-refractivity contribution in [3.8, 4) is 0 Å². The molecule has 2 aromatic rings. The molecule has 2 fully saturated rings. The predicted octanol–water partition coefficient (Wildman–Crippen LogP) is 8.36. The molecule has 0 aliphatic heterocycles. The van der Waals surface area contributed by atoms with Gasteiger partial charge in [0.2, 0.25) is 17.7 Å². The van der Waals surface area contributed by atoms with Crippen molar-refractivity contribution in [3.05, 3.63) is 58.7 Å². The lowest BCUT2D eigenvalue weighted by Gasteiger charge is -2.56. The zero-order chi connectivity index (χ0) is 36.8. The van der Waals surface area contributed by atoms with Crippen LogP contribution in [0.15, 0.2) is 36.4 Å². The van der Waals surface area contributed by atoms with E-state index in [0.29, 0.717) is 12.5 Å². The molecule has 0 bridgehead atoms.